The second-order valence-corrected chi connectivity index (χ2v) is 20.3. The molecule has 0 aromatic heterocycles. The molecule has 0 spiro atoms. The first-order valence-electron chi connectivity index (χ1n) is 26.7. The van der Waals surface area contributed by atoms with Gasteiger partial charge < -0.3 is 18.9 Å². The molecule has 2 unspecified atom stereocenters. The SMILES string of the molecule is CC/C=C\C/C=C\C/C=C\C/C=C\C/C=C\C/C=C\CCCCCCCCCOCC(COP(=O)(O)OCC[N+](C)(C)C)OC(=O)CCCCCCCCCCCCCCCCCCC. The fourth-order valence-corrected chi connectivity index (χ4v) is 7.95. The van der Waals surface area contributed by atoms with E-state index < -0.39 is 13.9 Å². The number of carbonyl (C=O) groups is 1. The van der Waals surface area contributed by atoms with E-state index in [-0.39, 0.29) is 25.8 Å². The summed E-state index contributed by atoms with van der Waals surface area (Å²) in [4.78, 5) is 23.0. The fourth-order valence-electron chi connectivity index (χ4n) is 7.20. The minimum Gasteiger partial charge on any atom is -0.457 e. The van der Waals surface area contributed by atoms with Crippen molar-refractivity contribution in [2.75, 3.05) is 54.1 Å². The summed E-state index contributed by atoms with van der Waals surface area (Å²) in [6.45, 7) is 5.50. The van der Waals surface area contributed by atoms with Crippen LogP contribution in [0.2, 0.25) is 0 Å². The van der Waals surface area contributed by atoms with Gasteiger partial charge in [-0.3, -0.25) is 13.8 Å². The zero-order chi connectivity index (χ0) is 47.6. The minimum atomic E-state index is -4.29. The molecule has 9 heteroatoms. The highest BCUT2D eigenvalue weighted by Crippen LogP contribution is 2.43. The monoisotopic (exact) mass is 933 g/mol. The molecule has 0 radical (unpaired) electrons. The number of phosphoric acid groups is 1. The number of nitrogens with zero attached hydrogens (tertiary/aromatic N) is 1. The molecule has 0 rings (SSSR count). The molecule has 0 aliphatic carbocycles. The smallest absolute Gasteiger partial charge is 0.457 e. The van der Waals surface area contributed by atoms with Crippen molar-refractivity contribution in [1.82, 2.24) is 0 Å². The maximum Gasteiger partial charge on any atom is 0.472 e. The van der Waals surface area contributed by atoms with Gasteiger partial charge in [-0.25, -0.2) is 4.57 Å². The predicted molar refractivity (Wildman–Crippen MR) is 279 cm³/mol. The molecule has 378 valence electrons. The molecule has 0 aromatic carbocycles. The first-order valence-corrected chi connectivity index (χ1v) is 28.2. The lowest BCUT2D eigenvalue weighted by Gasteiger charge is -2.24. The molecule has 65 heavy (non-hydrogen) atoms. The second kappa shape index (κ2) is 48.4. The highest BCUT2D eigenvalue weighted by molar-refractivity contribution is 7.47. The van der Waals surface area contributed by atoms with Gasteiger partial charge in [-0.2, -0.15) is 0 Å². The largest absolute Gasteiger partial charge is 0.472 e. The number of ether oxygens (including phenoxy) is 2. The zero-order valence-corrected chi connectivity index (χ0v) is 43.9. The Morgan fingerprint density at radius 3 is 1.34 bits per heavy atom. The van der Waals surface area contributed by atoms with Crippen molar-refractivity contribution in [3.63, 3.8) is 0 Å². The Bertz CT molecular complexity index is 1270. The highest BCUT2D eigenvalue weighted by Gasteiger charge is 2.26. The number of hydrogen-bond donors (Lipinski definition) is 1. The molecule has 0 saturated carbocycles. The minimum absolute atomic E-state index is 0.0843. The summed E-state index contributed by atoms with van der Waals surface area (Å²) >= 11 is 0. The van der Waals surface area contributed by atoms with E-state index in [4.69, 9.17) is 18.5 Å². The lowest BCUT2D eigenvalue weighted by atomic mass is 10.0. The standard InChI is InChI=1S/C56H102NO7P/c1-6-8-10-12-14-16-18-20-22-24-25-26-27-28-29-30-31-32-34-36-38-40-42-44-46-48-51-61-53-55(54-63-65(59,60)62-52-50-57(3,4)5)64-56(58)49-47-45-43-41-39-37-35-33-23-21-19-17-15-13-11-9-7-2/h8,10,14,16,20,22,25-26,28-29,31-32,55H,6-7,9,11-13,15,17-19,21,23-24,27,30,33-54H2,1-5H3/p+1/b10-8-,16-14-,22-20-,26-25-,29-28-,32-31-. The van der Waals surface area contributed by atoms with Crippen LogP contribution in [0.25, 0.3) is 0 Å². The predicted octanol–water partition coefficient (Wildman–Crippen LogP) is 16.6. The van der Waals surface area contributed by atoms with Gasteiger partial charge >= 0.3 is 13.8 Å². The number of hydrogen-bond acceptors (Lipinski definition) is 6. The van der Waals surface area contributed by atoms with Gasteiger partial charge in [0.25, 0.3) is 0 Å². The summed E-state index contributed by atoms with van der Waals surface area (Å²) in [5.74, 6) is -0.317. The number of quaternary nitrogens is 1. The van der Waals surface area contributed by atoms with E-state index in [1.165, 1.54) is 122 Å². The first kappa shape index (κ1) is 62.9. The van der Waals surface area contributed by atoms with Crippen LogP contribution in [0.1, 0.15) is 219 Å². The van der Waals surface area contributed by atoms with Crippen LogP contribution >= 0.6 is 7.82 Å². The number of unbranched alkanes of at least 4 members (excludes halogenated alkanes) is 23. The van der Waals surface area contributed by atoms with E-state index in [0.29, 0.717) is 24.1 Å². The topological polar surface area (TPSA) is 91.3 Å². The van der Waals surface area contributed by atoms with Crippen molar-refractivity contribution in [3.8, 4) is 0 Å². The fraction of sp³-hybridized carbons (Fsp3) is 0.768. The maximum atomic E-state index is 12.8. The number of phosphoric ester groups is 1. The van der Waals surface area contributed by atoms with Crippen LogP contribution in [-0.4, -0.2) is 75.6 Å². The third-order valence-electron chi connectivity index (χ3n) is 11.3. The van der Waals surface area contributed by atoms with E-state index in [1.54, 1.807) is 0 Å². The molecule has 0 amide bonds. The van der Waals surface area contributed by atoms with Crippen molar-refractivity contribution in [2.24, 2.45) is 0 Å². The Morgan fingerprint density at radius 2 is 0.892 bits per heavy atom. The quantitative estimate of drug-likeness (QED) is 0.0214. The summed E-state index contributed by atoms with van der Waals surface area (Å²) in [7, 11) is 1.66. The summed E-state index contributed by atoms with van der Waals surface area (Å²) in [5.41, 5.74) is 0. The molecule has 0 fully saturated rings. The Kier molecular flexibility index (Phi) is 46.9. The Morgan fingerprint density at radius 1 is 0.492 bits per heavy atom. The first-order chi connectivity index (χ1) is 31.6. The average molecular weight is 933 g/mol. The molecule has 1 N–H and O–H groups in total. The number of esters is 1. The van der Waals surface area contributed by atoms with Crippen LogP contribution < -0.4 is 0 Å². The van der Waals surface area contributed by atoms with Crippen molar-refractivity contribution >= 4 is 13.8 Å². The van der Waals surface area contributed by atoms with Gasteiger partial charge in [0, 0.05) is 13.0 Å². The van der Waals surface area contributed by atoms with Crippen LogP contribution in [0.3, 0.4) is 0 Å². The number of likely N-dealkylation sites (N-methyl/N-ethyl adjacent to an activating group) is 1. The average Bonchev–Trinajstić information content (AvgIpc) is 3.27. The molecule has 0 bridgehead atoms. The summed E-state index contributed by atoms with van der Waals surface area (Å²) < 4.78 is 35.2. The van der Waals surface area contributed by atoms with Gasteiger partial charge in [-0.1, -0.05) is 222 Å². The molecular formula is C56H103NO7P+. The third kappa shape index (κ3) is 52.8. The van der Waals surface area contributed by atoms with Crippen LogP contribution in [0.5, 0.6) is 0 Å². The van der Waals surface area contributed by atoms with Crippen molar-refractivity contribution in [1.29, 1.82) is 0 Å². The number of rotatable bonds is 49. The van der Waals surface area contributed by atoms with E-state index in [2.05, 4.69) is 86.8 Å². The lowest BCUT2D eigenvalue weighted by Crippen LogP contribution is -2.37. The molecule has 0 aliphatic heterocycles. The van der Waals surface area contributed by atoms with Gasteiger partial charge in [0.2, 0.25) is 0 Å². The van der Waals surface area contributed by atoms with Crippen LogP contribution in [0, 0.1) is 0 Å². The van der Waals surface area contributed by atoms with Crippen LogP contribution in [-0.2, 0) is 27.9 Å². The van der Waals surface area contributed by atoms with Crippen LogP contribution in [0.4, 0.5) is 0 Å². The van der Waals surface area contributed by atoms with E-state index in [0.717, 1.165) is 77.0 Å². The molecule has 0 heterocycles. The number of carbonyl (C=O) groups excluding carboxylic acids is 1. The van der Waals surface area contributed by atoms with Crippen molar-refractivity contribution in [3.05, 3.63) is 72.9 Å². The van der Waals surface area contributed by atoms with Gasteiger partial charge in [0.1, 0.15) is 19.3 Å². The van der Waals surface area contributed by atoms with E-state index in [1.807, 2.05) is 21.1 Å². The maximum absolute atomic E-state index is 12.8. The highest BCUT2D eigenvalue weighted by atomic mass is 31.2. The molecule has 0 aliphatic rings. The normalized spacial score (nSPS) is 14.1. The Hall–Kier alpha value is -2.06. The Balaban J connectivity index is 4.15. The molecule has 8 nitrogen and oxygen atoms in total. The third-order valence-corrected chi connectivity index (χ3v) is 12.3. The van der Waals surface area contributed by atoms with Gasteiger partial charge in [0.15, 0.2) is 0 Å². The number of allylic oxidation sites excluding steroid dienone is 12. The second-order valence-electron chi connectivity index (χ2n) is 18.9. The van der Waals surface area contributed by atoms with E-state index in [9.17, 15) is 14.3 Å². The summed E-state index contributed by atoms with van der Waals surface area (Å²) in [5, 5.41) is 0. The molecule has 2 atom stereocenters. The molecule has 0 aromatic rings. The zero-order valence-electron chi connectivity index (χ0n) is 43.0. The van der Waals surface area contributed by atoms with Crippen LogP contribution in [0.15, 0.2) is 72.9 Å². The van der Waals surface area contributed by atoms with Crippen molar-refractivity contribution < 1.29 is 37.3 Å². The lowest BCUT2D eigenvalue weighted by molar-refractivity contribution is -0.870. The van der Waals surface area contributed by atoms with Gasteiger partial charge in [-0.05, 0) is 64.2 Å². The molecule has 0 saturated heterocycles. The van der Waals surface area contributed by atoms with E-state index >= 15 is 0 Å². The van der Waals surface area contributed by atoms with Crippen molar-refractivity contribution in [2.45, 2.75) is 225 Å². The summed E-state index contributed by atoms with van der Waals surface area (Å²) in [6, 6.07) is 0. The Labute approximate surface area is 402 Å². The summed E-state index contributed by atoms with van der Waals surface area (Å²) in [6.07, 6.45) is 63.8. The van der Waals surface area contributed by atoms with Gasteiger partial charge in [0.05, 0.1) is 34.4 Å². The molecular weight excluding hydrogens is 830 g/mol. The van der Waals surface area contributed by atoms with Gasteiger partial charge in [-0.15, -0.1) is 0 Å².